The molecule has 0 aromatic heterocycles. The number of benzene rings is 1. The van der Waals surface area contributed by atoms with Crippen LogP contribution < -0.4 is 10.6 Å². The lowest BCUT2D eigenvalue weighted by atomic mass is 10.2. The maximum absolute atomic E-state index is 13.9. The summed E-state index contributed by atoms with van der Waals surface area (Å²) < 4.78 is 13.9. The first-order valence-electron chi connectivity index (χ1n) is 7.58. The highest BCUT2D eigenvalue weighted by molar-refractivity contribution is 14.0. The molecule has 6 heteroatoms. The molecule has 0 aliphatic carbocycles. The number of nitrogens with zero attached hydrogens (tertiary/aromatic N) is 3. The van der Waals surface area contributed by atoms with Crippen LogP contribution in [0.4, 0.5) is 10.1 Å². The number of hydrogen-bond acceptors (Lipinski definition) is 2. The van der Waals surface area contributed by atoms with Crippen LogP contribution in [0, 0.1) is 5.82 Å². The maximum Gasteiger partial charge on any atom is 0.191 e. The molecule has 0 radical (unpaired) electrons. The SMILES string of the molecule is CN(C)c1ccc(CN=C(N)N2CCCCCC2)cc1F.I. The van der Waals surface area contributed by atoms with Gasteiger partial charge >= 0.3 is 0 Å². The second-order valence-corrected chi connectivity index (χ2v) is 5.76. The molecule has 22 heavy (non-hydrogen) atoms. The highest BCUT2D eigenvalue weighted by Gasteiger charge is 2.11. The molecule has 0 atom stereocenters. The minimum Gasteiger partial charge on any atom is -0.375 e. The first kappa shape index (κ1) is 19.0. The second-order valence-electron chi connectivity index (χ2n) is 5.76. The molecule has 0 spiro atoms. The van der Waals surface area contributed by atoms with E-state index in [9.17, 15) is 4.39 Å². The van der Waals surface area contributed by atoms with Gasteiger partial charge in [-0.1, -0.05) is 18.9 Å². The molecule has 1 aromatic rings. The highest BCUT2D eigenvalue weighted by atomic mass is 127. The fourth-order valence-electron chi connectivity index (χ4n) is 2.58. The van der Waals surface area contributed by atoms with Gasteiger partial charge in [0.25, 0.3) is 0 Å². The lowest BCUT2D eigenvalue weighted by Gasteiger charge is -2.21. The number of guanidine groups is 1. The first-order chi connectivity index (χ1) is 10.1. The van der Waals surface area contributed by atoms with E-state index >= 15 is 0 Å². The van der Waals surface area contributed by atoms with Crippen LogP contribution in [0.15, 0.2) is 23.2 Å². The maximum atomic E-state index is 13.9. The molecule has 1 saturated heterocycles. The summed E-state index contributed by atoms with van der Waals surface area (Å²) in [4.78, 5) is 8.31. The molecule has 0 unspecified atom stereocenters. The van der Waals surface area contributed by atoms with E-state index in [0.717, 1.165) is 18.7 Å². The lowest BCUT2D eigenvalue weighted by Crippen LogP contribution is -2.38. The van der Waals surface area contributed by atoms with Crippen molar-refractivity contribution in [1.29, 1.82) is 0 Å². The molecular weight excluding hydrogens is 394 g/mol. The van der Waals surface area contributed by atoms with E-state index in [2.05, 4.69) is 9.89 Å². The van der Waals surface area contributed by atoms with Crippen LogP contribution >= 0.6 is 24.0 Å². The number of halogens is 2. The first-order valence-corrected chi connectivity index (χ1v) is 7.58. The van der Waals surface area contributed by atoms with Crippen molar-refractivity contribution >= 4 is 35.6 Å². The standard InChI is InChI=1S/C16H25FN4.HI/c1-20(2)15-8-7-13(11-14(15)17)12-19-16(18)21-9-5-3-4-6-10-21;/h7-8,11H,3-6,9-10,12H2,1-2H3,(H2,18,19);1H. The van der Waals surface area contributed by atoms with Gasteiger partial charge in [0.1, 0.15) is 5.82 Å². The van der Waals surface area contributed by atoms with E-state index in [1.54, 1.807) is 11.0 Å². The van der Waals surface area contributed by atoms with Crippen molar-refractivity contribution in [2.45, 2.75) is 32.2 Å². The van der Waals surface area contributed by atoms with Gasteiger partial charge in [-0.15, -0.1) is 24.0 Å². The zero-order chi connectivity index (χ0) is 15.2. The minimum atomic E-state index is -0.221. The van der Waals surface area contributed by atoms with Gasteiger partial charge in [-0.2, -0.15) is 0 Å². The Labute approximate surface area is 149 Å². The summed E-state index contributed by atoms with van der Waals surface area (Å²) in [5.41, 5.74) is 7.49. The summed E-state index contributed by atoms with van der Waals surface area (Å²) in [6, 6.07) is 5.22. The largest absolute Gasteiger partial charge is 0.375 e. The van der Waals surface area contributed by atoms with Crippen LogP contribution in [0.5, 0.6) is 0 Å². The zero-order valence-electron chi connectivity index (χ0n) is 13.4. The van der Waals surface area contributed by atoms with Gasteiger partial charge in [0, 0.05) is 27.2 Å². The van der Waals surface area contributed by atoms with E-state index in [-0.39, 0.29) is 29.8 Å². The van der Waals surface area contributed by atoms with Gasteiger partial charge in [0.2, 0.25) is 0 Å². The smallest absolute Gasteiger partial charge is 0.191 e. The molecule has 1 heterocycles. The van der Waals surface area contributed by atoms with E-state index in [4.69, 9.17) is 5.73 Å². The molecule has 1 aliphatic heterocycles. The van der Waals surface area contributed by atoms with E-state index < -0.39 is 0 Å². The molecular formula is C16H26FIN4. The molecule has 1 aliphatic rings. The molecule has 0 saturated carbocycles. The zero-order valence-corrected chi connectivity index (χ0v) is 15.7. The highest BCUT2D eigenvalue weighted by Crippen LogP contribution is 2.18. The van der Waals surface area contributed by atoms with Crippen LogP contribution in [0.1, 0.15) is 31.2 Å². The van der Waals surface area contributed by atoms with Gasteiger partial charge in [-0.3, -0.25) is 0 Å². The van der Waals surface area contributed by atoms with Gasteiger partial charge < -0.3 is 15.5 Å². The summed E-state index contributed by atoms with van der Waals surface area (Å²) >= 11 is 0. The van der Waals surface area contributed by atoms with E-state index in [1.165, 1.54) is 31.7 Å². The van der Waals surface area contributed by atoms with Crippen LogP contribution in [0.2, 0.25) is 0 Å². The minimum absolute atomic E-state index is 0. The number of rotatable bonds is 3. The van der Waals surface area contributed by atoms with E-state index in [0.29, 0.717) is 18.2 Å². The number of nitrogens with two attached hydrogens (primary N) is 1. The van der Waals surface area contributed by atoms with Crippen LogP contribution in [-0.2, 0) is 6.54 Å². The Kier molecular flexibility index (Phi) is 7.92. The fraction of sp³-hybridized carbons (Fsp3) is 0.562. The molecule has 4 nitrogen and oxygen atoms in total. The summed E-state index contributed by atoms with van der Waals surface area (Å²) in [7, 11) is 3.65. The summed E-state index contributed by atoms with van der Waals surface area (Å²) in [5, 5.41) is 0. The second kappa shape index (κ2) is 9.17. The molecule has 1 fully saturated rings. The molecule has 0 amide bonds. The molecule has 2 N–H and O–H groups in total. The molecule has 1 aromatic carbocycles. The van der Waals surface area contributed by atoms with Crippen molar-refractivity contribution in [2.24, 2.45) is 10.7 Å². The van der Waals surface area contributed by atoms with Crippen molar-refractivity contribution in [3.63, 3.8) is 0 Å². The Morgan fingerprint density at radius 1 is 1.23 bits per heavy atom. The Morgan fingerprint density at radius 3 is 2.41 bits per heavy atom. The number of hydrogen-bond donors (Lipinski definition) is 1. The average molecular weight is 420 g/mol. The summed E-state index contributed by atoms with van der Waals surface area (Å²) in [6.45, 7) is 2.37. The fourth-order valence-corrected chi connectivity index (χ4v) is 2.58. The van der Waals surface area contributed by atoms with Crippen LogP contribution in [0.3, 0.4) is 0 Å². The average Bonchev–Trinajstić information content (AvgIpc) is 2.73. The quantitative estimate of drug-likeness (QED) is 0.464. The molecule has 2 rings (SSSR count). The third-order valence-corrected chi connectivity index (χ3v) is 3.85. The third-order valence-electron chi connectivity index (χ3n) is 3.85. The Morgan fingerprint density at radius 2 is 1.86 bits per heavy atom. The predicted octanol–water partition coefficient (Wildman–Crippen LogP) is 3.20. The van der Waals surface area contributed by atoms with Gasteiger partial charge in [0.15, 0.2) is 5.96 Å². The predicted molar refractivity (Wildman–Crippen MR) is 102 cm³/mol. The van der Waals surface area contributed by atoms with Crippen molar-refractivity contribution in [3.05, 3.63) is 29.6 Å². The van der Waals surface area contributed by atoms with Crippen molar-refractivity contribution in [1.82, 2.24) is 4.90 Å². The Bertz CT molecular complexity index is 497. The number of aliphatic imine (C=N–C) groups is 1. The normalized spacial score (nSPS) is 16.0. The van der Waals surface area contributed by atoms with E-state index in [1.807, 2.05) is 20.2 Å². The molecule has 124 valence electrons. The van der Waals surface area contributed by atoms with Crippen LogP contribution in [0.25, 0.3) is 0 Å². The van der Waals surface area contributed by atoms with Gasteiger partial charge in [-0.25, -0.2) is 9.38 Å². The van der Waals surface area contributed by atoms with Crippen molar-refractivity contribution in [3.8, 4) is 0 Å². The summed E-state index contributed by atoms with van der Waals surface area (Å²) in [6.07, 6.45) is 4.87. The Balaban J connectivity index is 0.00000242. The lowest BCUT2D eigenvalue weighted by molar-refractivity contribution is 0.428. The monoisotopic (exact) mass is 420 g/mol. The van der Waals surface area contributed by atoms with Crippen molar-refractivity contribution in [2.75, 3.05) is 32.1 Å². The third kappa shape index (κ3) is 5.30. The van der Waals surface area contributed by atoms with Crippen LogP contribution in [-0.4, -0.2) is 38.0 Å². The topological polar surface area (TPSA) is 44.9 Å². The Hall–Kier alpha value is -1.05. The van der Waals surface area contributed by atoms with Gasteiger partial charge in [0.05, 0.1) is 12.2 Å². The number of likely N-dealkylation sites (tertiary alicyclic amines) is 1. The van der Waals surface area contributed by atoms with Crippen molar-refractivity contribution < 1.29 is 4.39 Å². The molecule has 0 bridgehead atoms. The number of anilines is 1. The van der Waals surface area contributed by atoms with Gasteiger partial charge in [-0.05, 0) is 30.5 Å². The summed E-state index contributed by atoms with van der Waals surface area (Å²) in [5.74, 6) is 0.357.